The highest BCUT2D eigenvalue weighted by atomic mass is 35.5. The first-order chi connectivity index (χ1) is 7.49. The van der Waals surface area contributed by atoms with Crippen molar-refractivity contribution in [3.05, 3.63) is 39.9 Å². The van der Waals surface area contributed by atoms with Crippen LogP contribution in [-0.4, -0.2) is 17.6 Å². The lowest BCUT2D eigenvalue weighted by molar-refractivity contribution is -0.131. The van der Waals surface area contributed by atoms with Gasteiger partial charge in [0.15, 0.2) is 0 Å². The van der Waals surface area contributed by atoms with Gasteiger partial charge in [-0.15, -0.1) is 0 Å². The minimum atomic E-state index is -0.951. The molecule has 0 aliphatic rings. The van der Waals surface area contributed by atoms with E-state index in [1.165, 1.54) is 0 Å². The number of carboxylic acid groups (broad SMARTS) is 1. The van der Waals surface area contributed by atoms with E-state index >= 15 is 0 Å². The number of hydrogen-bond acceptors (Lipinski definition) is 2. The molecule has 0 amide bonds. The van der Waals surface area contributed by atoms with Crippen LogP contribution in [0.5, 0.6) is 0 Å². The van der Waals surface area contributed by atoms with Gasteiger partial charge in [0.05, 0.1) is 10.0 Å². The molecule has 0 saturated carbocycles. The van der Waals surface area contributed by atoms with E-state index in [2.05, 4.69) is 5.32 Å². The Kier molecular flexibility index (Phi) is 4.65. The topological polar surface area (TPSA) is 49.3 Å². The number of hydrogen-bond donors (Lipinski definition) is 2. The van der Waals surface area contributed by atoms with Crippen LogP contribution in [-0.2, 0) is 4.79 Å². The van der Waals surface area contributed by atoms with Gasteiger partial charge in [-0.05, 0) is 30.7 Å². The summed E-state index contributed by atoms with van der Waals surface area (Å²) in [7, 11) is 0. The summed E-state index contributed by atoms with van der Waals surface area (Å²) in [6.07, 6.45) is 1.16. The summed E-state index contributed by atoms with van der Waals surface area (Å²) < 4.78 is 0. The molecule has 5 heteroatoms. The first kappa shape index (κ1) is 12.9. The second-order valence-electron chi connectivity index (χ2n) is 3.31. The molecular weight excluding hydrogens is 249 g/mol. The maximum absolute atomic E-state index is 10.4. The highest BCUT2D eigenvalue weighted by molar-refractivity contribution is 6.42. The minimum Gasteiger partial charge on any atom is -0.478 e. The number of carbonyl (C=O) groups is 1. The maximum Gasteiger partial charge on any atom is 0.328 e. The molecule has 0 saturated heterocycles. The molecule has 0 unspecified atom stereocenters. The molecule has 0 radical (unpaired) electrons. The van der Waals surface area contributed by atoms with Crippen molar-refractivity contribution in [3.8, 4) is 0 Å². The SMILES string of the molecule is C/C(=C/C(=O)O)CNc1ccc(Cl)c(Cl)c1. The molecule has 0 bridgehead atoms. The lowest BCUT2D eigenvalue weighted by Crippen LogP contribution is -2.04. The van der Waals surface area contributed by atoms with Gasteiger partial charge in [-0.25, -0.2) is 4.79 Å². The molecule has 1 rings (SSSR count). The van der Waals surface area contributed by atoms with E-state index in [4.69, 9.17) is 28.3 Å². The van der Waals surface area contributed by atoms with Crippen LogP contribution in [0.1, 0.15) is 6.92 Å². The second kappa shape index (κ2) is 5.77. The largest absolute Gasteiger partial charge is 0.478 e. The van der Waals surface area contributed by atoms with E-state index in [1.807, 2.05) is 0 Å². The first-order valence-corrected chi connectivity index (χ1v) is 5.33. The minimum absolute atomic E-state index is 0.449. The fraction of sp³-hybridized carbons (Fsp3) is 0.182. The average molecular weight is 260 g/mol. The number of carboxylic acids is 1. The average Bonchev–Trinajstić information content (AvgIpc) is 2.19. The second-order valence-corrected chi connectivity index (χ2v) is 4.13. The molecular formula is C11H11Cl2NO2. The maximum atomic E-state index is 10.4. The van der Waals surface area contributed by atoms with Crippen molar-refractivity contribution < 1.29 is 9.90 Å². The van der Waals surface area contributed by atoms with E-state index in [0.29, 0.717) is 16.6 Å². The van der Waals surface area contributed by atoms with E-state index in [9.17, 15) is 4.79 Å². The monoisotopic (exact) mass is 259 g/mol. The number of nitrogens with one attached hydrogen (secondary N) is 1. The van der Waals surface area contributed by atoms with Crippen LogP contribution in [0.25, 0.3) is 0 Å². The van der Waals surface area contributed by atoms with E-state index in [-0.39, 0.29) is 0 Å². The smallest absolute Gasteiger partial charge is 0.328 e. The molecule has 86 valence electrons. The fourth-order valence-electron chi connectivity index (χ4n) is 1.11. The zero-order valence-corrected chi connectivity index (χ0v) is 10.1. The van der Waals surface area contributed by atoms with Crippen LogP contribution < -0.4 is 5.32 Å². The molecule has 0 atom stereocenters. The van der Waals surface area contributed by atoms with Gasteiger partial charge in [0.1, 0.15) is 0 Å². The van der Waals surface area contributed by atoms with Crippen molar-refractivity contribution in [1.82, 2.24) is 0 Å². The normalized spacial score (nSPS) is 11.3. The van der Waals surface area contributed by atoms with Crippen LogP contribution >= 0.6 is 23.2 Å². The van der Waals surface area contributed by atoms with Crippen LogP contribution in [0, 0.1) is 0 Å². The summed E-state index contributed by atoms with van der Waals surface area (Å²) >= 11 is 11.6. The van der Waals surface area contributed by atoms with Crippen LogP contribution in [0.2, 0.25) is 10.0 Å². The molecule has 1 aromatic rings. The number of rotatable bonds is 4. The van der Waals surface area contributed by atoms with Crippen LogP contribution in [0.3, 0.4) is 0 Å². The quantitative estimate of drug-likeness (QED) is 0.815. The van der Waals surface area contributed by atoms with E-state index in [0.717, 1.165) is 17.3 Å². The van der Waals surface area contributed by atoms with Crippen molar-refractivity contribution >= 4 is 34.9 Å². The van der Waals surface area contributed by atoms with Crippen molar-refractivity contribution in [1.29, 1.82) is 0 Å². The van der Waals surface area contributed by atoms with Gasteiger partial charge in [0, 0.05) is 18.3 Å². The Bertz CT molecular complexity index is 430. The third-order valence-corrected chi connectivity index (χ3v) is 2.60. The zero-order chi connectivity index (χ0) is 12.1. The molecule has 0 aliphatic carbocycles. The first-order valence-electron chi connectivity index (χ1n) is 4.58. The van der Waals surface area contributed by atoms with Crippen molar-refractivity contribution in [2.45, 2.75) is 6.92 Å². The molecule has 3 nitrogen and oxygen atoms in total. The molecule has 1 aromatic carbocycles. The van der Waals surface area contributed by atoms with E-state index in [1.54, 1.807) is 25.1 Å². The third-order valence-electron chi connectivity index (χ3n) is 1.86. The van der Waals surface area contributed by atoms with Crippen molar-refractivity contribution in [2.24, 2.45) is 0 Å². The van der Waals surface area contributed by atoms with Crippen molar-refractivity contribution in [3.63, 3.8) is 0 Å². The molecule has 16 heavy (non-hydrogen) atoms. The number of halogens is 2. The summed E-state index contributed by atoms with van der Waals surface area (Å²) in [4.78, 5) is 10.4. The number of anilines is 1. The molecule has 0 aromatic heterocycles. The van der Waals surface area contributed by atoms with Crippen molar-refractivity contribution in [2.75, 3.05) is 11.9 Å². The molecule has 2 N–H and O–H groups in total. The number of aliphatic carboxylic acids is 1. The summed E-state index contributed by atoms with van der Waals surface area (Å²) in [6, 6.07) is 5.16. The Balaban J connectivity index is 2.61. The van der Waals surface area contributed by atoms with Gasteiger partial charge in [0.2, 0.25) is 0 Å². The fourth-order valence-corrected chi connectivity index (χ4v) is 1.41. The highest BCUT2D eigenvalue weighted by Crippen LogP contribution is 2.24. The van der Waals surface area contributed by atoms with Gasteiger partial charge in [-0.1, -0.05) is 23.2 Å². The Labute approximate surface area is 104 Å². The molecule has 0 heterocycles. The highest BCUT2D eigenvalue weighted by Gasteiger charge is 1.99. The lowest BCUT2D eigenvalue weighted by Gasteiger charge is -2.07. The Hall–Kier alpha value is -1.19. The zero-order valence-electron chi connectivity index (χ0n) is 8.63. The molecule has 0 aliphatic heterocycles. The van der Waals surface area contributed by atoms with Gasteiger partial charge < -0.3 is 10.4 Å². The molecule has 0 spiro atoms. The van der Waals surface area contributed by atoms with Gasteiger partial charge in [-0.3, -0.25) is 0 Å². The van der Waals surface area contributed by atoms with Gasteiger partial charge >= 0.3 is 5.97 Å². The number of benzene rings is 1. The van der Waals surface area contributed by atoms with Crippen LogP contribution in [0.15, 0.2) is 29.8 Å². The standard InChI is InChI=1S/C11H11Cl2NO2/c1-7(4-11(15)16)6-14-8-2-3-9(12)10(13)5-8/h2-5,14H,6H2,1H3,(H,15,16)/b7-4-. The summed E-state index contributed by atoms with van der Waals surface area (Å²) in [5, 5.41) is 12.5. The summed E-state index contributed by atoms with van der Waals surface area (Å²) in [5.41, 5.74) is 1.52. The van der Waals surface area contributed by atoms with Gasteiger partial charge in [0.25, 0.3) is 0 Å². The Morgan fingerprint density at radius 3 is 2.69 bits per heavy atom. The Morgan fingerprint density at radius 2 is 2.12 bits per heavy atom. The van der Waals surface area contributed by atoms with Gasteiger partial charge in [-0.2, -0.15) is 0 Å². The Morgan fingerprint density at radius 1 is 1.44 bits per heavy atom. The van der Waals surface area contributed by atoms with Crippen LogP contribution in [0.4, 0.5) is 5.69 Å². The predicted molar refractivity (Wildman–Crippen MR) is 66.3 cm³/mol. The lowest BCUT2D eigenvalue weighted by atomic mass is 10.2. The molecule has 0 fully saturated rings. The van der Waals surface area contributed by atoms with E-state index < -0.39 is 5.97 Å². The summed E-state index contributed by atoms with van der Waals surface area (Å²) in [5.74, 6) is -0.951. The predicted octanol–water partition coefficient (Wildman–Crippen LogP) is 3.44. The summed E-state index contributed by atoms with van der Waals surface area (Å²) in [6.45, 7) is 2.18. The third kappa shape index (κ3) is 4.13.